The van der Waals surface area contributed by atoms with Crippen LogP contribution in [-0.2, 0) is 4.74 Å². The van der Waals surface area contributed by atoms with E-state index in [1.807, 2.05) is 27.9 Å². The van der Waals surface area contributed by atoms with E-state index in [1.54, 1.807) is 12.3 Å². The fourth-order valence-electron chi connectivity index (χ4n) is 2.13. The molecular formula is C16H28NO2+. The first kappa shape index (κ1) is 17.5. The lowest BCUT2D eigenvalue weighted by Gasteiger charge is -2.35. The second-order valence-electron chi connectivity index (χ2n) is 5.29. The molecule has 0 aliphatic carbocycles. The summed E-state index contributed by atoms with van der Waals surface area (Å²) in [7, 11) is 4.04. The normalized spacial score (nSPS) is 13.8. The first-order valence-electron chi connectivity index (χ1n) is 6.58. The van der Waals surface area contributed by atoms with E-state index in [0.29, 0.717) is 11.1 Å². The van der Waals surface area contributed by atoms with Crippen LogP contribution in [0.25, 0.3) is 0 Å². The number of aliphatic hydroxyl groups excluding tert-OH is 1. The van der Waals surface area contributed by atoms with Crippen LogP contribution in [0, 0.1) is 0 Å². The van der Waals surface area contributed by atoms with Crippen LogP contribution in [0.15, 0.2) is 49.1 Å². The zero-order chi connectivity index (χ0) is 15.1. The third-order valence-electron chi connectivity index (χ3n) is 3.14. The van der Waals surface area contributed by atoms with Gasteiger partial charge in [-0.15, -0.1) is 0 Å². The average Bonchev–Trinajstić information content (AvgIpc) is 2.27. The van der Waals surface area contributed by atoms with Gasteiger partial charge in [0.25, 0.3) is 0 Å². The average molecular weight is 266 g/mol. The molecule has 3 heteroatoms. The number of allylic oxidation sites excluding steroid dienone is 2. The molecule has 1 unspecified atom stereocenters. The Bertz CT molecular complexity index is 367. The standard InChI is InChI=1S/C16H27NO2/c1-8-14(5)10-11-15(13(3)4)17(6,7)12-16(18)19-9-2/h8,12,15H,1,3,5,9-11H2,2,4,6-7H3/p+1/b16-12+. The van der Waals surface area contributed by atoms with E-state index in [-0.39, 0.29) is 12.0 Å². The van der Waals surface area contributed by atoms with Gasteiger partial charge in [0.1, 0.15) is 6.04 Å². The van der Waals surface area contributed by atoms with Gasteiger partial charge in [-0.2, -0.15) is 0 Å². The van der Waals surface area contributed by atoms with Crippen LogP contribution in [0.3, 0.4) is 0 Å². The highest BCUT2D eigenvalue weighted by Gasteiger charge is 2.28. The maximum Gasteiger partial charge on any atom is 0.332 e. The fraction of sp³-hybridized carbons (Fsp3) is 0.500. The number of aliphatic hydroxyl groups is 1. The second kappa shape index (κ2) is 7.85. The van der Waals surface area contributed by atoms with Crippen LogP contribution < -0.4 is 0 Å². The highest BCUT2D eigenvalue weighted by molar-refractivity contribution is 5.12. The molecule has 19 heavy (non-hydrogen) atoms. The molecule has 0 amide bonds. The van der Waals surface area contributed by atoms with Gasteiger partial charge in [-0.25, -0.2) is 0 Å². The molecule has 0 aromatic rings. The molecule has 0 fully saturated rings. The third-order valence-corrected chi connectivity index (χ3v) is 3.14. The van der Waals surface area contributed by atoms with Crippen LogP contribution in [-0.4, -0.2) is 36.3 Å². The molecule has 3 nitrogen and oxygen atoms in total. The minimum atomic E-state index is -0.0405. The molecule has 108 valence electrons. The number of ether oxygens (including phenoxy) is 1. The molecule has 0 aliphatic rings. The zero-order valence-corrected chi connectivity index (χ0v) is 12.8. The maximum atomic E-state index is 9.70. The molecule has 1 N–H and O–H groups in total. The van der Waals surface area contributed by atoms with E-state index >= 15 is 0 Å². The summed E-state index contributed by atoms with van der Waals surface area (Å²) in [5.74, 6) is -0.0405. The quantitative estimate of drug-likeness (QED) is 0.296. The lowest BCUT2D eigenvalue weighted by molar-refractivity contribution is -0.861. The largest absolute Gasteiger partial charge is 0.477 e. The topological polar surface area (TPSA) is 29.5 Å². The van der Waals surface area contributed by atoms with Crippen molar-refractivity contribution in [1.82, 2.24) is 0 Å². The van der Waals surface area contributed by atoms with Crippen LogP contribution in [0.5, 0.6) is 0 Å². The Morgan fingerprint density at radius 3 is 2.37 bits per heavy atom. The Balaban J connectivity index is 4.94. The Kier molecular flexibility index (Phi) is 7.23. The molecule has 0 aromatic heterocycles. The summed E-state index contributed by atoms with van der Waals surface area (Å²) in [5.41, 5.74) is 2.09. The summed E-state index contributed by atoms with van der Waals surface area (Å²) in [4.78, 5) is 0. The summed E-state index contributed by atoms with van der Waals surface area (Å²) < 4.78 is 5.58. The number of hydrogen-bond acceptors (Lipinski definition) is 2. The number of likely N-dealkylation sites (N-methyl/N-ethyl adjacent to an activating group) is 1. The third kappa shape index (κ3) is 6.30. The molecule has 1 atom stereocenters. The van der Waals surface area contributed by atoms with Gasteiger partial charge in [0.05, 0.1) is 20.7 Å². The van der Waals surface area contributed by atoms with Crippen molar-refractivity contribution in [3.8, 4) is 0 Å². The molecule has 0 radical (unpaired) electrons. The maximum absolute atomic E-state index is 9.70. The summed E-state index contributed by atoms with van der Waals surface area (Å²) in [6, 6.07) is 0.194. The molecule has 0 saturated heterocycles. The first-order valence-corrected chi connectivity index (χ1v) is 6.58. The summed E-state index contributed by atoms with van der Waals surface area (Å²) in [5, 5.41) is 9.70. The van der Waals surface area contributed by atoms with Gasteiger partial charge in [-0.1, -0.05) is 31.4 Å². The lowest BCUT2D eigenvalue weighted by atomic mass is 9.99. The van der Waals surface area contributed by atoms with Gasteiger partial charge in [-0.3, -0.25) is 4.48 Å². The first-order chi connectivity index (χ1) is 8.74. The molecule has 0 rings (SSSR count). The summed E-state index contributed by atoms with van der Waals surface area (Å²) in [6.07, 6.45) is 5.26. The molecule has 0 bridgehead atoms. The van der Waals surface area contributed by atoms with Gasteiger partial charge < -0.3 is 9.84 Å². The predicted octanol–water partition coefficient (Wildman–Crippen LogP) is 3.92. The Labute approximate surface area is 117 Å². The van der Waals surface area contributed by atoms with E-state index in [9.17, 15) is 5.11 Å². The fourth-order valence-corrected chi connectivity index (χ4v) is 2.13. The van der Waals surface area contributed by atoms with Crippen molar-refractivity contribution in [3.63, 3.8) is 0 Å². The van der Waals surface area contributed by atoms with Crippen LogP contribution in [0.2, 0.25) is 0 Å². The van der Waals surface area contributed by atoms with Crippen molar-refractivity contribution in [2.75, 3.05) is 20.7 Å². The monoisotopic (exact) mass is 266 g/mol. The summed E-state index contributed by atoms with van der Waals surface area (Å²) >= 11 is 0. The molecule has 0 heterocycles. The number of hydrogen-bond donors (Lipinski definition) is 1. The Hall–Kier alpha value is -1.48. The highest BCUT2D eigenvalue weighted by atomic mass is 16.6. The predicted molar refractivity (Wildman–Crippen MR) is 81.6 cm³/mol. The molecule has 0 spiro atoms. The van der Waals surface area contributed by atoms with Crippen molar-refractivity contribution in [3.05, 3.63) is 49.1 Å². The summed E-state index contributed by atoms with van der Waals surface area (Å²) in [6.45, 7) is 16.0. The van der Waals surface area contributed by atoms with Crippen LogP contribution >= 0.6 is 0 Å². The lowest BCUT2D eigenvalue weighted by Crippen LogP contribution is -2.45. The van der Waals surface area contributed by atoms with Crippen LogP contribution in [0.1, 0.15) is 26.7 Å². The minimum Gasteiger partial charge on any atom is -0.477 e. The van der Waals surface area contributed by atoms with Crippen molar-refractivity contribution < 1.29 is 14.3 Å². The molecule has 0 aliphatic heterocycles. The van der Waals surface area contributed by atoms with Gasteiger partial charge in [0.15, 0.2) is 6.20 Å². The van der Waals surface area contributed by atoms with Gasteiger partial charge >= 0.3 is 5.95 Å². The van der Waals surface area contributed by atoms with E-state index in [1.165, 1.54) is 0 Å². The molecule has 0 aromatic carbocycles. The smallest absolute Gasteiger partial charge is 0.332 e. The number of rotatable bonds is 9. The van der Waals surface area contributed by atoms with Crippen molar-refractivity contribution in [1.29, 1.82) is 0 Å². The van der Waals surface area contributed by atoms with Crippen molar-refractivity contribution >= 4 is 0 Å². The van der Waals surface area contributed by atoms with E-state index < -0.39 is 0 Å². The Morgan fingerprint density at radius 1 is 1.37 bits per heavy atom. The van der Waals surface area contributed by atoms with E-state index in [4.69, 9.17) is 4.74 Å². The highest BCUT2D eigenvalue weighted by Crippen LogP contribution is 2.23. The van der Waals surface area contributed by atoms with Gasteiger partial charge in [-0.05, 0) is 25.8 Å². The van der Waals surface area contributed by atoms with Crippen molar-refractivity contribution in [2.45, 2.75) is 32.7 Å². The molecule has 0 saturated carbocycles. The minimum absolute atomic E-state index is 0.0405. The second-order valence-corrected chi connectivity index (χ2v) is 5.29. The van der Waals surface area contributed by atoms with Crippen molar-refractivity contribution in [2.24, 2.45) is 0 Å². The molecular weight excluding hydrogens is 238 g/mol. The van der Waals surface area contributed by atoms with Gasteiger partial charge in [0, 0.05) is 6.42 Å². The van der Waals surface area contributed by atoms with Crippen LogP contribution in [0.4, 0.5) is 0 Å². The SMILES string of the molecule is C=CC(=C)CCC(C(=C)C)[N+](C)(C)/C=C(\O)OCC. The number of quaternary nitrogens is 1. The Morgan fingerprint density at radius 2 is 1.95 bits per heavy atom. The van der Waals surface area contributed by atoms with E-state index in [0.717, 1.165) is 24.0 Å². The zero-order valence-electron chi connectivity index (χ0n) is 12.8. The van der Waals surface area contributed by atoms with Gasteiger partial charge in [0.2, 0.25) is 0 Å². The number of nitrogens with zero attached hydrogens (tertiary/aromatic N) is 1. The van der Waals surface area contributed by atoms with E-state index in [2.05, 4.69) is 19.7 Å².